The fourth-order valence-corrected chi connectivity index (χ4v) is 3.61. The Morgan fingerprint density at radius 3 is 2.19 bits per heavy atom. The topological polar surface area (TPSA) is 72.7 Å². The van der Waals surface area contributed by atoms with Gasteiger partial charge < -0.3 is 0 Å². The van der Waals surface area contributed by atoms with Gasteiger partial charge in [-0.05, 0) is 59.4 Å². The molecule has 0 spiro atoms. The van der Waals surface area contributed by atoms with E-state index in [1.165, 1.54) is 13.0 Å². The van der Waals surface area contributed by atoms with Crippen LogP contribution in [0.2, 0.25) is 0 Å². The molecule has 0 aliphatic carbocycles. The summed E-state index contributed by atoms with van der Waals surface area (Å²) in [5, 5.41) is 13.4. The largest absolute Gasteiger partial charge is 0.295 e. The lowest BCUT2D eigenvalue weighted by Crippen LogP contribution is -2.58. The Kier molecular flexibility index (Phi) is 5.98. The van der Waals surface area contributed by atoms with Gasteiger partial charge in [0.05, 0.1) is 4.92 Å². The van der Waals surface area contributed by atoms with Crippen molar-refractivity contribution in [1.82, 2.24) is 5.06 Å². The summed E-state index contributed by atoms with van der Waals surface area (Å²) in [5.41, 5.74) is 0.886. The molecule has 0 unspecified atom stereocenters. The number of nitro groups is 1. The van der Waals surface area contributed by atoms with Crippen molar-refractivity contribution in [3.05, 3.63) is 51.2 Å². The number of hydroxylamine groups is 2. The van der Waals surface area contributed by atoms with Gasteiger partial charge in [0, 0.05) is 22.7 Å². The molecular weight excluding hydrogens is 332 g/mol. The summed E-state index contributed by atoms with van der Waals surface area (Å²) in [7, 11) is 0. The molecule has 26 heavy (non-hydrogen) atoms. The van der Waals surface area contributed by atoms with Crippen LogP contribution in [0.1, 0.15) is 69.8 Å². The monoisotopic (exact) mass is 360 g/mol. The van der Waals surface area contributed by atoms with Gasteiger partial charge in [0.1, 0.15) is 0 Å². The zero-order valence-electron chi connectivity index (χ0n) is 16.2. The minimum Gasteiger partial charge on any atom is -0.295 e. The van der Waals surface area contributed by atoms with E-state index in [4.69, 9.17) is 4.84 Å². The lowest BCUT2D eigenvalue weighted by atomic mass is 9.82. The van der Waals surface area contributed by atoms with Gasteiger partial charge >= 0.3 is 0 Å². The van der Waals surface area contributed by atoms with Crippen LogP contribution in [0.3, 0.4) is 0 Å². The third-order valence-corrected chi connectivity index (χ3v) is 4.90. The highest BCUT2D eigenvalue weighted by atomic mass is 16.7. The SMILES string of the molecule is CC(=O)c1ccc(/C=C(/CON2C(C)(C)CCCC2(C)C)[N+](=O)[O-])cc1. The van der Waals surface area contributed by atoms with Gasteiger partial charge in [-0.15, -0.1) is 0 Å². The van der Waals surface area contributed by atoms with Crippen molar-refractivity contribution in [2.75, 3.05) is 6.61 Å². The molecule has 6 nitrogen and oxygen atoms in total. The predicted octanol–water partition coefficient (Wildman–Crippen LogP) is 4.48. The molecule has 0 N–H and O–H groups in total. The molecule has 1 aliphatic heterocycles. The van der Waals surface area contributed by atoms with Crippen LogP contribution in [0.5, 0.6) is 0 Å². The minimum atomic E-state index is -0.414. The van der Waals surface area contributed by atoms with Crippen LogP contribution in [0.25, 0.3) is 6.08 Å². The van der Waals surface area contributed by atoms with Gasteiger partial charge in [0.2, 0.25) is 0 Å². The maximum atomic E-state index is 11.5. The Morgan fingerprint density at radius 2 is 1.73 bits per heavy atom. The quantitative estimate of drug-likeness (QED) is 0.425. The molecule has 1 aromatic rings. The van der Waals surface area contributed by atoms with Gasteiger partial charge in [0.15, 0.2) is 12.4 Å². The van der Waals surface area contributed by atoms with Gasteiger partial charge in [-0.3, -0.25) is 19.7 Å². The molecule has 0 atom stereocenters. The van der Waals surface area contributed by atoms with Crippen molar-refractivity contribution in [2.24, 2.45) is 0 Å². The molecule has 0 aromatic heterocycles. The Hall–Kier alpha value is -2.05. The summed E-state index contributed by atoms with van der Waals surface area (Å²) in [6.07, 6.45) is 4.58. The number of carbonyl (C=O) groups is 1. The maximum absolute atomic E-state index is 11.5. The van der Waals surface area contributed by atoms with E-state index in [0.29, 0.717) is 11.1 Å². The fourth-order valence-electron chi connectivity index (χ4n) is 3.61. The summed E-state index contributed by atoms with van der Waals surface area (Å²) in [5.74, 6) is -0.0343. The number of rotatable bonds is 6. The second kappa shape index (κ2) is 7.68. The first-order valence-electron chi connectivity index (χ1n) is 8.92. The van der Waals surface area contributed by atoms with E-state index in [9.17, 15) is 14.9 Å². The first-order chi connectivity index (χ1) is 12.0. The molecule has 1 heterocycles. The molecule has 0 amide bonds. The van der Waals surface area contributed by atoms with E-state index in [2.05, 4.69) is 27.7 Å². The van der Waals surface area contributed by atoms with Crippen LogP contribution in [-0.2, 0) is 4.84 Å². The molecule has 142 valence electrons. The molecule has 1 aromatic carbocycles. The van der Waals surface area contributed by atoms with Crippen molar-refractivity contribution in [1.29, 1.82) is 0 Å². The molecule has 2 rings (SSSR count). The third-order valence-electron chi connectivity index (χ3n) is 4.90. The standard InChI is InChI=1S/C20H28N2O4/c1-15(23)17-9-7-16(8-10-17)13-18(21(24)25)14-26-22-19(2,3)11-6-12-20(22,4)5/h7-10,13H,6,11-12,14H2,1-5H3/b18-13-. The summed E-state index contributed by atoms with van der Waals surface area (Å²) in [6.45, 7) is 9.79. The van der Waals surface area contributed by atoms with Crippen LogP contribution in [0.4, 0.5) is 0 Å². The van der Waals surface area contributed by atoms with Crippen molar-refractivity contribution < 1.29 is 14.6 Å². The molecule has 0 bridgehead atoms. The van der Waals surface area contributed by atoms with Gasteiger partial charge in [0.25, 0.3) is 5.70 Å². The van der Waals surface area contributed by atoms with E-state index < -0.39 is 4.92 Å². The molecular formula is C20H28N2O4. The lowest BCUT2D eigenvalue weighted by molar-refractivity contribution is -0.436. The van der Waals surface area contributed by atoms with E-state index in [1.807, 2.05) is 5.06 Å². The average molecular weight is 360 g/mol. The molecule has 0 saturated carbocycles. The third kappa shape index (κ3) is 4.77. The number of benzene rings is 1. The summed E-state index contributed by atoms with van der Waals surface area (Å²) >= 11 is 0. The van der Waals surface area contributed by atoms with Crippen LogP contribution in [-0.4, -0.2) is 33.5 Å². The zero-order valence-corrected chi connectivity index (χ0v) is 16.2. The number of piperidine rings is 1. The highest BCUT2D eigenvalue weighted by Crippen LogP contribution is 2.38. The first kappa shape index (κ1) is 20.3. The zero-order chi connectivity index (χ0) is 19.5. The van der Waals surface area contributed by atoms with Crippen molar-refractivity contribution >= 4 is 11.9 Å². The second-order valence-corrected chi connectivity index (χ2v) is 8.12. The van der Waals surface area contributed by atoms with E-state index in [1.54, 1.807) is 24.3 Å². The van der Waals surface area contributed by atoms with E-state index in [0.717, 1.165) is 19.3 Å². The Labute approximate surface area is 154 Å². The summed E-state index contributed by atoms with van der Waals surface area (Å²) in [6, 6.07) is 6.75. The van der Waals surface area contributed by atoms with Crippen LogP contribution < -0.4 is 0 Å². The number of hydrogen-bond donors (Lipinski definition) is 0. The predicted molar refractivity (Wildman–Crippen MR) is 101 cm³/mol. The maximum Gasteiger partial charge on any atom is 0.274 e. The molecule has 0 radical (unpaired) electrons. The number of ketones is 1. The van der Waals surface area contributed by atoms with Crippen LogP contribution >= 0.6 is 0 Å². The summed E-state index contributed by atoms with van der Waals surface area (Å²) < 4.78 is 0. The van der Waals surface area contributed by atoms with Gasteiger partial charge in [-0.25, -0.2) is 0 Å². The molecule has 1 saturated heterocycles. The highest BCUT2D eigenvalue weighted by molar-refractivity contribution is 5.94. The number of hydrogen-bond acceptors (Lipinski definition) is 5. The number of carbonyl (C=O) groups excluding carboxylic acids is 1. The molecule has 1 aliphatic rings. The van der Waals surface area contributed by atoms with Crippen molar-refractivity contribution in [3.8, 4) is 0 Å². The fraction of sp³-hybridized carbons (Fsp3) is 0.550. The Bertz CT molecular complexity index is 689. The highest BCUT2D eigenvalue weighted by Gasteiger charge is 2.43. The normalized spacial score (nSPS) is 20.0. The van der Waals surface area contributed by atoms with Gasteiger partial charge in [-0.1, -0.05) is 24.3 Å². The number of Topliss-reactive ketones (excluding diaryl/α,β-unsaturated/α-hetero) is 1. The molecule has 6 heteroatoms. The average Bonchev–Trinajstić information content (AvgIpc) is 2.52. The van der Waals surface area contributed by atoms with E-state index in [-0.39, 0.29) is 29.2 Å². The Balaban J connectivity index is 2.17. The van der Waals surface area contributed by atoms with Crippen LogP contribution in [0.15, 0.2) is 30.0 Å². The van der Waals surface area contributed by atoms with Crippen LogP contribution in [0, 0.1) is 10.1 Å². The minimum absolute atomic E-state index is 0.0160. The summed E-state index contributed by atoms with van der Waals surface area (Å²) in [4.78, 5) is 28.3. The second-order valence-electron chi connectivity index (χ2n) is 8.12. The smallest absolute Gasteiger partial charge is 0.274 e. The number of nitrogens with zero attached hydrogens (tertiary/aromatic N) is 2. The van der Waals surface area contributed by atoms with Crippen molar-refractivity contribution in [3.63, 3.8) is 0 Å². The van der Waals surface area contributed by atoms with Gasteiger partial charge in [-0.2, -0.15) is 5.06 Å². The lowest BCUT2D eigenvalue weighted by Gasteiger charge is -2.51. The Morgan fingerprint density at radius 1 is 1.19 bits per heavy atom. The van der Waals surface area contributed by atoms with E-state index >= 15 is 0 Å². The molecule has 1 fully saturated rings. The first-order valence-corrected chi connectivity index (χ1v) is 8.92. The van der Waals surface area contributed by atoms with Crippen molar-refractivity contribution in [2.45, 2.75) is 65.0 Å².